The second-order valence-corrected chi connectivity index (χ2v) is 19.4. The molecular weight excluding hydrogens is 975 g/mol. The molecule has 0 aliphatic carbocycles. The number of anilines is 1. The molecular formula is C52H72Cl2N4O14. The van der Waals surface area contributed by atoms with E-state index in [0.717, 1.165) is 35.1 Å². The second-order valence-electron chi connectivity index (χ2n) is 19.0. The van der Waals surface area contributed by atoms with Crippen molar-refractivity contribution in [3.63, 3.8) is 0 Å². The molecule has 9 N–H and O–H groups in total. The Kier molecular flexibility index (Phi) is 21.2. The van der Waals surface area contributed by atoms with Gasteiger partial charge in [-0.05, 0) is 105 Å². The van der Waals surface area contributed by atoms with E-state index in [-0.39, 0.29) is 65.3 Å². The van der Waals surface area contributed by atoms with Crippen LogP contribution in [0.15, 0.2) is 72.3 Å². The van der Waals surface area contributed by atoms with Gasteiger partial charge in [0, 0.05) is 40.5 Å². The van der Waals surface area contributed by atoms with Gasteiger partial charge in [0.2, 0.25) is 11.8 Å². The molecule has 10 atom stereocenters. The lowest BCUT2D eigenvalue weighted by atomic mass is 9.83. The lowest BCUT2D eigenvalue weighted by molar-refractivity contribution is -0.161. The van der Waals surface area contributed by atoms with Gasteiger partial charge < -0.3 is 65.2 Å². The fraction of sp³-hybridized carbons (Fsp3) is 0.500. The molecule has 3 amide bonds. The quantitative estimate of drug-likeness (QED) is 0.0583. The van der Waals surface area contributed by atoms with Gasteiger partial charge in [-0.2, -0.15) is 0 Å². The standard InChI is InChI=1S/C34H46ClN3O10.C18H22O4.ClH.H3N/c1-18-11-10-12-26(45-9)34(43)17-25(46-32(42)36-34)19(2)30-33(5,48-30)27(47-31(41)20(3)37(6)21(4)39)16-28(40)38(7)23-14-22(13-18)15-24(44-8)29(23)35;1-11(7-13-3-5-15(19)17(21)9-13)12(2)8-14-4-6-16(20)18(22)10-14;;/h10-12,14-15,19-20,25-27,30,43H,13,16-17H2,1-9H3,(H,36,42);3-6,9-12,19-22H,7-8H2,1-2H3;1H;1H3/b12-10-,18-11-;;;/t19-,20+,25+,26-,27+,30+,33+,34+;11-,12+;;/m1.../s1. The maximum atomic E-state index is 14.0. The molecule has 398 valence electrons. The fourth-order valence-corrected chi connectivity index (χ4v) is 9.13. The number of aliphatic hydroxyl groups is 1. The highest BCUT2D eigenvalue weighted by Crippen LogP contribution is 2.49. The average molecular weight is 1050 g/mol. The fourth-order valence-electron chi connectivity index (χ4n) is 8.81. The van der Waals surface area contributed by atoms with Gasteiger partial charge in [-0.3, -0.25) is 14.9 Å². The van der Waals surface area contributed by atoms with E-state index in [1.54, 1.807) is 57.3 Å². The van der Waals surface area contributed by atoms with E-state index in [9.17, 15) is 44.7 Å². The van der Waals surface area contributed by atoms with Gasteiger partial charge in [-0.1, -0.05) is 68.3 Å². The maximum Gasteiger partial charge on any atom is 0.409 e. The van der Waals surface area contributed by atoms with E-state index in [1.807, 2.05) is 25.1 Å². The van der Waals surface area contributed by atoms with Gasteiger partial charge in [0.15, 0.2) is 28.7 Å². The molecule has 3 heterocycles. The first-order valence-corrected chi connectivity index (χ1v) is 23.5. The van der Waals surface area contributed by atoms with Crippen LogP contribution in [-0.2, 0) is 52.6 Å². The number of allylic oxidation sites excluding steroid dienone is 3. The van der Waals surface area contributed by atoms with Gasteiger partial charge in [-0.15, -0.1) is 12.4 Å². The number of nitrogens with one attached hydrogen (secondary N) is 1. The highest BCUT2D eigenvalue weighted by molar-refractivity contribution is 6.35. The number of hydrogen-bond acceptors (Lipinski definition) is 15. The lowest BCUT2D eigenvalue weighted by Gasteiger charge is -2.42. The Morgan fingerprint density at radius 3 is 2.04 bits per heavy atom. The van der Waals surface area contributed by atoms with Crippen molar-refractivity contribution in [3.8, 4) is 28.7 Å². The van der Waals surface area contributed by atoms with E-state index in [4.69, 9.17) is 35.3 Å². The molecule has 6 rings (SSSR count). The lowest BCUT2D eigenvalue weighted by Crippen LogP contribution is -2.63. The first-order valence-electron chi connectivity index (χ1n) is 23.2. The number of nitrogens with zero attached hydrogens (tertiary/aromatic N) is 2. The number of benzene rings is 3. The molecule has 72 heavy (non-hydrogen) atoms. The summed E-state index contributed by atoms with van der Waals surface area (Å²) in [6, 6.07) is 12.4. The van der Waals surface area contributed by atoms with Crippen LogP contribution in [0.2, 0.25) is 5.02 Å². The molecule has 3 aliphatic rings. The normalized spacial score (nSPS) is 26.3. The number of methoxy groups -OCH3 is 2. The minimum Gasteiger partial charge on any atom is -0.504 e. The SMILES string of the molecule is COc1cc2cc(c1Cl)N(C)C(=O)C[C@H](OC(=O)[C@H](C)N(C)C(C)=O)[C@]1(C)O[C@H]1[C@H](C)[C@@H]1C[C@@](O)(NC(=O)O1)[C@H](OC)/C=C\C=C(\C)C2.C[C@H](Cc1ccc(O)c(O)c1)[C@@H](C)Cc1ccc(O)c(O)c1.Cl.N. The third-order valence-electron chi connectivity index (χ3n) is 13.8. The topological polar surface area (TPSA) is 272 Å². The minimum atomic E-state index is -1.81. The van der Waals surface area contributed by atoms with E-state index in [1.165, 1.54) is 57.0 Å². The number of ether oxygens (including phenoxy) is 5. The summed E-state index contributed by atoms with van der Waals surface area (Å²) in [4.78, 5) is 54.7. The number of epoxide rings is 1. The molecule has 2 fully saturated rings. The van der Waals surface area contributed by atoms with E-state index in [0.29, 0.717) is 29.7 Å². The highest BCUT2D eigenvalue weighted by atomic mass is 35.5. The summed E-state index contributed by atoms with van der Waals surface area (Å²) in [5.74, 6) is -1.32. The first-order chi connectivity index (χ1) is 32.8. The van der Waals surface area contributed by atoms with Crippen molar-refractivity contribution in [1.29, 1.82) is 0 Å². The third-order valence-corrected chi connectivity index (χ3v) is 14.2. The largest absolute Gasteiger partial charge is 0.504 e. The van der Waals surface area contributed by atoms with Crippen molar-refractivity contribution in [3.05, 3.63) is 94.0 Å². The minimum absolute atomic E-state index is 0. The smallest absolute Gasteiger partial charge is 0.409 e. The Morgan fingerprint density at radius 2 is 1.53 bits per heavy atom. The number of phenols is 4. The number of amides is 3. The molecule has 0 radical (unpaired) electrons. The van der Waals surface area contributed by atoms with Gasteiger partial charge in [0.05, 0.1) is 25.3 Å². The average Bonchev–Trinajstić information content (AvgIpc) is 4.00. The predicted molar refractivity (Wildman–Crippen MR) is 274 cm³/mol. The number of esters is 1. The van der Waals surface area contributed by atoms with Crippen molar-refractivity contribution in [2.45, 2.75) is 122 Å². The van der Waals surface area contributed by atoms with E-state index >= 15 is 0 Å². The summed E-state index contributed by atoms with van der Waals surface area (Å²) in [5, 5.41) is 52.1. The van der Waals surface area contributed by atoms with Crippen LogP contribution in [0.5, 0.6) is 28.7 Å². The molecule has 3 aromatic rings. The van der Waals surface area contributed by atoms with Crippen molar-refractivity contribution >= 4 is 53.6 Å². The van der Waals surface area contributed by atoms with Crippen LogP contribution in [0.25, 0.3) is 0 Å². The van der Waals surface area contributed by atoms with Crippen molar-refractivity contribution in [2.75, 3.05) is 33.2 Å². The molecule has 20 heteroatoms. The van der Waals surface area contributed by atoms with Gasteiger partial charge in [-0.25, -0.2) is 9.59 Å². The van der Waals surface area contributed by atoms with Crippen LogP contribution in [0.4, 0.5) is 10.5 Å². The Balaban J connectivity index is 0.000000478. The zero-order valence-corrected chi connectivity index (χ0v) is 44.4. The van der Waals surface area contributed by atoms with Crippen LogP contribution >= 0.6 is 24.0 Å². The van der Waals surface area contributed by atoms with Crippen LogP contribution in [0, 0.1) is 17.8 Å². The molecule has 3 aliphatic heterocycles. The van der Waals surface area contributed by atoms with Crippen LogP contribution in [0.3, 0.4) is 0 Å². The number of alkyl carbamates (subject to hydrolysis) is 1. The molecule has 0 spiro atoms. The maximum absolute atomic E-state index is 14.0. The van der Waals surface area contributed by atoms with Crippen molar-refractivity contribution in [1.82, 2.24) is 16.4 Å². The Hall–Kier alpha value is -5.76. The number of carbonyl (C=O) groups excluding carboxylic acids is 4. The second kappa shape index (κ2) is 25.3. The van der Waals surface area contributed by atoms with E-state index < -0.39 is 65.7 Å². The summed E-state index contributed by atoms with van der Waals surface area (Å²) >= 11 is 6.71. The summed E-state index contributed by atoms with van der Waals surface area (Å²) in [6.07, 6.45) is 2.60. The molecule has 0 unspecified atom stereocenters. The first kappa shape index (κ1) is 60.5. The van der Waals surface area contributed by atoms with Gasteiger partial charge >= 0.3 is 12.1 Å². The summed E-state index contributed by atoms with van der Waals surface area (Å²) in [5.41, 5.74) is 1.08. The monoisotopic (exact) mass is 1050 g/mol. The predicted octanol–water partition coefficient (Wildman–Crippen LogP) is 7.68. The zero-order chi connectivity index (χ0) is 52.0. The number of carbonyl (C=O) groups is 4. The number of aromatic hydroxyl groups is 4. The summed E-state index contributed by atoms with van der Waals surface area (Å²) in [6.45, 7) is 12.6. The number of hydrogen-bond donors (Lipinski definition) is 7. The van der Waals surface area contributed by atoms with E-state index in [2.05, 4.69) is 19.2 Å². The summed E-state index contributed by atoms with van der Waals surface area (Å²) < 4.78 is 28.9. The summed E-state index contributed by atoms with van der Waals surface area (Å²) in [7, 11) is 5.97. The molecule has 4 bridgehead atoms. The molecule has 2 saturated heterocycles. The third kappa shape index (κ3) is 14.5. The van der Waals surface area contributed by atoms with Crippen LogP contribution < -0.4 is 21.1 Å². The molecule has 0 saturated carbocycles. The molecule has 3 aromatic carbocycles. The van der Waals surface area contributed by atoms with Crippen LogP contribution in [-0.4, -0.2) is 124 Å². The zero-order valence-electron chi connectivity index (χ0n) is 42.8. The molecule has 0 aromatic heterocycles. The van der Waals surface area contributed by atoms with Gasteiger partial charge in [0.1, 0.15) is 40.7 Å². The Bertz CT molecular complexity index is 2420. The van der Waals surface area contributed by atoms with Crippen molar-refractivity contribution < 1.29 is 68.4 Å². The van der Waals surface area contributed by atoms with Crippen LogP contribution in [0.1, 0.15) is 78.0 Å². The number of halogens is 2. The van der Waals surface area contributed by atoms with Crippen molar-refractivity contribution in [2.24, 2.45) is 17.8 Å². The Labute approximate surface area is 432 Å². The number of fused-ring (bicyclic) bond motifs is 5. The Morgan fingerprint density at radius 1 is 0.958 bits per heavy atom. The number of phenolic OH excluding ortho intramolecular Hbond substituents is 4. The number of rotatable bonds is 10. The molecule has 18 nitrogen and oxygen atoms in total. The number of likely N-dealkylation sites (N-methyl/N-ethyl adjacent to an activating group) is 1. The highest BCUT2D eigenvalue weighted by Gasteiger charge is 2.64. The van der Waals surface area contributed by atoms with Gasteiger partial charge in [0.25, 0.3) is 0 Å².